The molecule has 3 saturated heterocycles. The van der Waals surface area contributed by atoms with Gasteiger partial charge in [0.05, 0.1) is 23.6 Å². The van der Waals surface area contributed by atoms with Crippen molar-refractivity contribution in [3.8, 4) is 0 Å². The molecule has 4 aliphatic rings. The van der Waals surface area contributed by atoms with Gasteiger partial charge in [0.15, 0.2) is 5.78 Å². The van der Waals surface area contributed by atoms with Crippen LogP contribution in [0.4, 0.5) is 0 Å². The Morgan fingerprint density at radius 2 is 1.59 bits per heavy atom. The molecule has 13 heteroatoms. The maximum atomic E-state index is 13.3. The number of rotatable bonds is 9. The van der Waals surface area contributed by atoms with Crippen molar-refractivity contribution in [3.05, 3.63) is 41.0 Å². The number of piperidine rings is 1. The van der Waals surface area contributed by atoms with E-state index in [0.29, 0.717) is 13.0 Å². The fourth-order valence-electron chi connectivity index (χ4n) is 6.96. The van der Waals surface area contributed by atoms with E-state index in [9.17, 15) is 26.4 Å². The van der Waals surface area contributed by atoms with Gasteiger partial charge < -0.3 is 5.32 Å². The van der Waals surface area contributed by atoms with Crippen LogP contribution in [0.5, 0.6) is 0 Å². The molecule has 1 aromatic rings. The van der Waals surface area contributed by atoms with Crippen LogP contribution < -0.4 is 5.32 Å². The first kappa shape index (κ1) is 30.3. The van der Waals surface area contributed by atoms with Crippen molar-refractivity contribution >= 4 is 37.8 Å². The van der Waals surface area contributed by atoms with Crippen LogP contribution in [0.2, 0.25) is 0 Å². The summed E-state index contributed by atoms with van der Waals surface area (Å²) in [7, 11) is -3.08. The summed E-state index contributed by atoms with van der Waals surface area (Å²) in [5, 5.41) is 3.15. The summed E-state index contributed by atoms with van der Waals surface area (Å²) in [6.07, 6.45) is 6.93. The molecule has 3 heterocycles. The maximum Gasteiger partial charge on any atom is 0.255 e. The molecule has 3 aliphatic heterocycles. The Hall–Kier alpha value is -2.16. The Bertz CT molecular complexity index is 1400. The van der Waals surface area contributed by atoms with Crippen molar-refractivity contribution in [3.63, 3.8) is 0 Å². The van der Waals surface area contributed by atoms with Gasteiger partial charge >= 0.3 is 0 Å². The van der Waals surface area contributed by atoms with Crippen molar-refractivity contribution < 1.29 is 26.4 Å². The second kappa shape index (κ2) is 11.8. The van der Waals surface area contributed by atoms with Crippen molar-refractivity contribution in [2.45, 2.75) is 56.3 Å². The molecule has 0 saturated carbocycles. The molecule has 1 aromatic carbocycles. The molecule has 0 aromatic heterocycles. The number of likely N-dealkylation sites (N-methyl/N-ethyl adjacent to an activating group) is 1. The highest BCUT2D eigenvalue weighted by Gasteiger charge is 2.42. The number of carbonyl (C=O) groups is 2. The van der Waals surface area contributed by atoms with Gasteiger partial charge in [-0.15, -0.1) is 0 Å². The number of amides is 1. The van der Waals surface area contributed by atoms with Crippen molar-refractivity contribution in [1.82, 2.24) is 23.7 Å². The smallest absolute Gasteiger partial charge is 0.255 e. The monoisotopic (exact) mass is 607 g/mol. The van der Waals surface area contributed by atoms with Crippen molar-refractivity contribution in [2.75, 3.05) is 58.8 Å². The highest BCUT2D eigenvalue weighted by atomic mass is 32.2. The Morgan fingerprint density at radius 3 is 2.20 bits per heavy atom. The standard InChI is InChI=1S/C28H41N5O6S2/c1-30(2)26-24-8-5-4-7-20(24)17-25(27(26)34)28(35)29-21-18-22-9-10-23(19-21)33(22)11-6-16-41(38,39)32-14-12-31(13-15-32)40(3,36)37/h4-5,7-8,17,21-23,26H,6,9-16,18-19H2,1-3H3,(H,29,35). The van der Waals surface area contributed by atoms with E-state index >= 15 is 0 Å². The Labute approximate surface area is 243 Å². The summed E-state index contributed by atoms with van der Waals surface area (Å²) in [4.78, 5) is 30.9. The molecule has 41 heavy (non-hydrogen) atoms. The molecule has 1 aliphatic carbocycles. The largest absolute Gasteiger partial charge is 0.349 e. The van der Waals surface area contributed by atoms with Crippen LogP contribution >= 0.6 is 0 Å². The van der Waals surface area contributed by atoms with Crippen molar-refractivity contribution in [1.29, 1.82) is 0 Å². The number of hydrogen-bond acceptors (Lipinski definition) is 8. The molecular weight excluding hydrogens is 566 g/mol. The van der Waals surface area contributed by atoms with E-state index in [1.54, 1.807) is 6.08 Å². The first-order chi connectivity index (χ1) is 19.3. The van der Waals surface area contributed by atoms with E-state index in [0.717, 1.165) is 43.1 Å². The van der Waals surface area contributed by atoms with Gasteiger partial charge in [-0.2, -0.15) is 8.61 Å². The molecule has 226 valence electrons. The van der Waals surface area contributed by atoms with Gasteiger partial charge in [0.2, 0.25) is 20.0 Å². The van der Waals surface area contributed by atoms with Crippen LogP contribution in [0, 0.1) is 0 Å². The molecule has 0 spiro atoms. The zero-order valence-corrected chi connectivity index (χ0v) is 25.7. The van der Waals surface area contributed by atoms with Gasteiger partial charge in [0.1, 0.15) is 0 Å². The molecule has 2 bridgehead atoms. The summed E-state index contributed by atoms with van der Waals surface area (Å²) in [5.41, 5.74) is 1.99. The summed E-state index contributed by atoms with van der Waals surface area (Å²) < 4.78 is 52.0. The SMILES string of the molecule is CN(C)C1C(=O)C(C(=O)NC2CC3CCC(C2)N3CCCS(=O)(=O)N2CCN(S(C)(=O)=O)CC2)=Cc2ccccc21. The number of nitrogens with one attached hydrogen (secondary N) is 1. The molecule has 3 fully saturated rings. The van der Waals surface area contributed by atoms with E-state index < -0.39 is 26.1 Å². The van der Waals surface area contributed by atoms with Crippen LogP contribution in [-0.4, -0.2) is 124 Å². The summed E-state index contributed by atoms with van der Waals surface area (Å²) in [6.45, 7) is 1.42. The van der Waals surface area contributed by atoms with Crippen LogP contribution in [0.25, 0.3) is 6.08 Å². The van der Waals surface area contributed by atoms with Gasteiger partial charge in [-0.25, -0.2) is 16.8 Å². The second-order valence-electron chi connectivity index (χ2n) is 11.9. The Kier molecular flexibility index (Phi) is 8.76. The van der Waals surface area contributed by atoms with E-state index in [4.69, 9.17) is 0 Å². The Morgan fingerprint density at radius 1 is 0.976 bits per heavy atom. The second-order valence-corrected chi connectivity index (χ2v) is 16.0. The minimum Gasteiger partial charge on any atom is -0.349 e. The molecule has 5 rings (SSSR count). The third kappa shape index (κ3) is 6.45. The van der Waals surface area contributed by atoms with Crippen molar-refractivity contribution in [2.24, 2.45) is 0 Å². The first-order valence-electron chi connectivity index (χ1n) is 14.4. The summed E-state index contributed by atoms with van der Waals surface area (Å²) in [5.74, 6) is -0.478. The quantitative estimate of drug-likeness (QED) is 0.406. The predicted molar refractivity (Wildman–Crippen MR) is 157 cm³/mol. The number of ketones is 1. The molecule has 3 unspecified atom stereocenters. The average Bonchev–Trinajstić information content (AvgIpc) is 3.14. The third-order valence-electron chi connectivity index (χ3n) is 8.96. The van der Waals surface area contributed by atoms with Crippen LogP contribution in [0.3, 0.4) is 0 Å². The predicted octanol–water partition coefficient (Wildman–Crippen LogP) is 0.664. The van der Waals surface area contributed by atoms with Gasteiger partial charge in [-0.3, -0.25) is 19.4 Å². The lowest BCUT2D eigenvalue weighted by atomic mass is 9.85. The summed E-state index contributed by atoms with van der Waals surface area (Å²) >= 11 is 0. The molecule has 1 amide bonds. The van der Waals surface area contributed by atoms with E-state index in [-0.39, 0.29) is 67.3 Å². The third-order valence-corrected chi connectivity index (χ3v) is 12.2. The van der Waals surface area contributed by atoms with Crippen LogP contribution in [-0.2, 0) is 29.6 Å². The number of fused-ring (bicyclic) bond motifs is 3. The minimum absolute atomic E-state index is 0.0326. The number of piperazine rings is 1. The first-order valence-corrected chi connectivity index (χ1v) is 17.8. The number of nitrogens with zero attached hydrogens (tertiary/aromatic N) is 4. The van der Waals surface area contributed by atoms with Gasteiger partial charge in [0, 0.05) is 44.3 Å². The normalized spacial score (nSPS) is 28.0. The Balaban J connectivity index is 1.14. The molecule has 11 nitrogen and oxygen atoms in total. The van der Waals surface area contributed by atoms with Crippen LogP contribution in [0.1, 0.15) is 49.3 Å². The topological polar surface area (TPSA) is 127 Å². The van der Waals surface area contributed by atoms with E-state index in [1.165, 1.54) is 8.61 Å². The lowest BCUT2D eigenvalue weighted by Crippen LogP contribution is -2.52. The van der Waals surface area contributed by atoms with Gasteiger partial charge in [-0.05, 0) is 69.9 Å². The number of Topliss-reactive ketones (excluding diaryl/α,β-unsaturated/α-hetero) is 1. The molecule has 0 radical (unpaired) electrons. The maximum absolute atomic E-state index is 13.3. The number of benzene rings is 1. The number of sulfonamides is 2. The highest BCUT2D eigenvalue weighted by Crippen LogP contribution is 2.37. The number of carbonyl (C=O) groups excluding carboxylic acids is 2. The zero-order valence-electron chi connectivity index (χ0n) is 24.0. The lowest BCUT2D eigenvalue weighted by Gasteiger charge is -2.39. The molecular formula is C28H41N5O6S2. The molecule has 1 N–H and O–H groups in total. The lowest BCUT2D eigenvalue weighted by molar-refractivity contribution is -0.125. The van der Waals surface area contributed by atoms with E-state index in [2.05, 4.69) is 10.2 Å². The van der Waals surface area contributed by atoms with Gasteiger partial charge in [-0.1, -0.05) is 24.3 Å². The van der Waals surface area contributed by atoms with Gasteiger partial charge in [0.25, 0.3) is 5.91 Å². The van der Waals surface area contributed by atoms with Crippen LogP contribution in [0.15, 0.2) is 29.8 Å². The average molecular weight is 608 g/mol. The highest BCUT2D eigenvalue weighted by molar-refractivity contribution is 7.89. The zero-order chi connectivity index (χ0) is 29.5. The number of hydrogen-bond donors (Lipinski definition) is 1. The fourth-order valence-corrected chi connectivity index (χ4v) is 9.25. The van der Waals surface area contributed by atoms with E-state index in [1.807, 2.05) is 43.3 Å². The molecule has 3 atom stereocenters. The summed E-state index contributed by atoms with van der Waals surface area (Å²) in [6, 6.07) is 7.69. The fraction of sp³-hybridized carbons (Fsp3) is 0.643. The minimum atomic E-state index is -3.46.